The number of esters is 1. The second-order valence-electron chi connectivity index (χ2n) is 6.01. The SMILES string of the molecule is O=C(COC(=O)[C@@H]1COc2ccc(Cl)cc2C1)NC[C@H]1CCCO1. The second kappa shape index (κ2) is 7.85. The van der Waals surface area contributed by atoms with Crippen LogP contribution in [0.2, 0.25) is 5.02 Å². The highest BCUT2D eigenvalue weighted by atomic mass is 35.5. The first kappa shape index (κ1) is 17.0. The third kappa shape index (κ3) is 4.39. The molecule has 1 aromatic carbocycles. The van der Waals surface area contributed by atoms with Gasteiger partial charge in [-0.2, -0.15) is 0 Å². The Bertz CT molecular complexity index is 615. The highest BCUT2D eigenvalue weighted by Crippen LogP contribution is 2.30. The number of hydrogen-bond acceptors (Lipinski definition) is 5. The van der Waals surface area contributed by atoms with Crippen molar-refractivity contribution in [2.45, 2.75) is 25.4 Å². The minimum Gasteiger partial charge on any atom is -0.492 e. The normalized spacial score (nSPS) is 22.4. The molecule has 0 aliphatic carbocycles. The van der Waals surface area contributed by atoms with E-state index in [2.05, 4.69) is 5.32 Å². The number of carbonyl (C=O) groups excluding carboxylic acids is 2. The number of hydrogen-bond donors (Lipinski definition) is 1. The number of fused-ring (bicyclic) bond motifs is 1. The number of halogens is 1. The van der Waals surface area contributed by atoms with Gasteiger partial charge < -0.3 is 19.5 Å². The van der Waals surface area contributed by atoms with E-state index in [0.29, 0.717) is 18.0 Å². The van der Waals surface area contributed by atoms with E-state index in [1.807, 2.05) is 0 Å². The third-order valence-electron chi connectivity index (χ3n) is 4.16. The summed E-state index contributed by atoms with van der Waals surface area (Å²) in [6, 6.07) is 5.32. The van der Waals surface area contributed by atoms with E-state index >= 15 is 0 Å². The number of nitrogens with one attached hydrogen (secondary N) is 1. The molecule has 0 saturated carbocycles. The fourth-order valence-corrected chi connectivity index (χ4v) is 3.05. The van der Waals surface area contributed by atoms with Crippen molar-refractivity contribution in [3.8, 4) is 5.75 Å². The van der Waals surface area contributed by atoms with Gasteiger partial charge in [0.2, 0.25) is 0 Å². The van der Waals surface area contributed by atoms with Gasteiger partial charge in [0.15, 0.2) is 6.61 Å². The molecule has 0 spiro atoms. The van der Waals surface area contributed by atoms with E-state index in [4.69, 9.17) is 25.8 Å². The zero-order valence-corrected chi connectivity index (χ0v) is 14.0. The number of rotatable bonds is 5. The molecule has 130 valence electrons. The molecule has 1 amide bonds. The van der Waals surface area contributed by atoms with E-state index in [1.165, 1.54) is 0 Å². The Labute approximate surface area is 145 Å². The third-order valence-corrected chi connectivity index (χ3v) is 4.39. The summed E-state index contributed by atoms with van der Waals surface area (Å²) in [6.45, 7) is 1.15. The zero-order chi connectivity index (χ0) is 16.9. The van der Waals surface area contributed by atoms with Gasteiger partial charge in [-0.25, -0.2) is 0 Å². The van der Waals surface area contributed by atoms with Gasteiger partial charge in [-0.05, 0) is 43.0 Å². The van der Waals surface area contributed by atoms with Gasteiger partial charge in [-0.15, -0.1) is 0 Å². The van der Waals surface area contributed by atoms with Crippen LogP contribution in [-0.4, -0.2) is 44.3 Å². The summed E-state index contributed by atoms with van der Waals surface area (Å²) in [5, 5.41) is 3.31. The van der Waals surface area contributed by atoms with Crippen LogP contribution in [0.5, 0.6) is 5.75 Å². The Balaban J connectivity index is 1.42. The average Bonchev–Trinajstić information content (AvgIpc) is 3.10. The van der Waals surface area contributed by atoms with Crippen LogP contribution in [0.1, 0.15) is 18.4 Å². The molecule has 0 bridgehead atoms. The van der Waals surface area contributed by atoms with Gasteiger partial charge >= 0.3 is 5.97 Å². The van der Waals surface area contributed by atoms with Gasteiger partial charge in [0.25, 0.3) is 5.91 Å². The molecule has 1 fully saturated rings. The summed E-state index contributed by atoms with van der Waals surface area (Å²) in [5.74, 6) is -0.452. The topological polar surface area (TPSA) is 73.9 Å². The summed E-state index contributed by atoms with van der Waals surface area (Å²) in [5.41, 5.74) is 0.874. The lowest BCUT2D eigenvalue weighted by Gasteiger charge is -2.24. The van der Waals surface area contributed by atoms with Gasteiger partial charge in [0, 0.05) is 18.2 Å². The summed E-state index contributed by atoms with van der Waals surface area (Å²) >= 11 is 5.96. The lowest BCUT2D eigenvalue weighted by atomic mass is 9.97. The highest BCUT2D eigenvalue weighted by Gasteiger charge is 2.28. The van der Waals surface area contributed by atoms with E-state index in [-0.39, 0.29) is 25.2 Å². The number of ether oxygens (including phenoxy) is 3. The number of amides is 1. The smallest absolute Gasteiger partial charge is 0.313 e. The van der Waals surface area contributed by atoms with Crippen molar-refractivity contribution in [3.05, 3.63) is 28.8 Å². The largest absolute Gasteiger partial charge is 0.492 e. The van der Waals surface area contributed by atoms with Gasteiger partial charge in [-0.3, -0.25) is 9.59 Å². The van der Waals surface area contributed by atoms with Crippen molar-refractivity contribution >= 4 is 23.5 Å². The minimum absolute atomic E-state index is 0.0673. The molecule has 7 heteroatoms. The molecule has 2 atom stereocenters. The summed E-state index contributed by atoms with van der Waals surface area (Å²) in [4.78, 5) is 23.9. The van der Waals surface area contributed by atoms with E-state index < -0.39 is 11.9 Å². The van der Waals surface area contributed by atoms with Crippen molar-refractivity contribution in [3.63, 3.8) is 0 Å². The highest BCUT2D eigenvalue weighted by molar-refractivity contribution is 6.30. The predicted molar refractivity (Wildman–Crippen MR) is 87.1 cm³/mol. The molecule has 2 heterocycles. The maximum absolute atomic E-state index is 12.1. The van der Waals surface area contributed by atoms with Crippen LogP contribution in [0.3, 0.4) is 0 Å². The Morgan fingerprint density at radius 3 is 3.04 bits per heavy atom. The molecule has 0 radical (unpaired) electrons. The van der Waals surface area contributed by atoms with Crippen LogP contribution < -0.4 is 10.1 Å². The lowest BCUT2D eigenvalue weighted by molar-refractivity contribution is -0.154. The molecule has 1 aromatic rings. The molecule has 2 aliphatic rings. The van der Waals surface area contributed by atoms with Crippen molar-refractivity contribution in [2.24, 2.45) is 5.92 Å². The molecule has 0 unspecified atom stereocenters. The van der Waals surface area contributed by atoms with Crippen molar-refractivity contribution in [1.29, 1.82) is 0 Å². The van der Waals surface area contributed by atoms with E-state index in [1.54, 1.807) is 18.2 Å². The Kier molecular flexibility index (Phi) is 5.58. The molecule has 2 aliphatic heterocycles. The standard InChI is InChI=1S/C17H20ClNO5/c18-13-3-4-15-11(7-13)6-12(9-23-15)17(21)24-10-16(20)19-8-14-2-1-5-22-14/h3-4,7,12,14H,1-2,5-6,8-10H2,(H,19,20)/t12-,14+/m0/s1. The molecule has 1 saturated heterocycles. The maximum atomic E-state index is 12.1. The first-order valence-corrected chi connectivity index (χ1v) is 8.46. The number of benzene rings is 1. The Hall–Kier alpha value is -1.79. The number of carbonyl (C=O) groups is 2. The van der Waals surface area contributed by atoms with E-state index in [0.717, 1.165) is 30.8 Å². The molecule has 1 N–H and O–H groups in total. The minimum atomic E-state index is -0.437. The lowest BCUT2D eigenvalue weighted by Crippen LogP contribution is -2.36. The summed E-state index contributed by atoms with van der Waals surface area (Å²) in [6.07, 6.45) is 2.52. The van der Waals surface area contributed by atoms with Gasteiger partial charge in [0.1, 0.15) is 12.4 Å². The van der Waals surface area contributed by atoms with Crippen LogP contribution in [-0.2, 0) is 25.5 Å². The van der Waals surface area contributed by atoms with Crippen LogP contribution in [0.4, 0.5) is 0 Å². The monoisotopic (exact) mass is 353 g/mol. The van der Waals surface area contributed by atoms with Gasteiger partial charge in [0.05, 0.1) is 12.0 Å². The van der Waals surface area contributed by atoms with Crippen LogP contribution in [0.15, 0.2) is 18.2 Å². The first-order valence-electron chi connectivity index (χ1n) is 8.08. The zero-order valence-electron chi connectivity index (χ0n) is 13.3. The van der Waals surface area contributed by atoms with E-state index in [9.17, 15) is 9.59 Å². The van der Waals surface area contributed by atoms with Crippen LogP contribution in [0.25, 0.3) is 0 Å². The van der Waals surface area contributed by atoms with Crippen molar-refractivity contribution in [2.75, 3.05) is 26.4 Å². The first-order chi connectivity index (χ1) is 11.6. The van der Waals surface area contributed by atoms with Crippen molar-refractivity contribution in [1.82, 2.24) is 5.32 Å². The fraction of sp³-hybridized carbons (Fsp3) is 0.529. The Morgan fingerprint density at radius 2 is 2.25 bits per heavy atom. The molecule has 24 heavy (non-hydrogen) atoms. The van der Waals surface area contributed by atoms with Crippen LogP contribution >= 0.6 is 11.6 Å². The molecular weight excluding hydrogens is 334 g/mol. The second-order valence-corrected chi connectivity index (χ2v) is 6.45. The fourth-order valence-electron chi connectivity index (χ4n) is 2.85. The molecule has 3 rings (SSSR count). The molecule has 0 aromatic heterocycles. The average molecular weight is 354 g/mol. The molecular formula is C17H20ClNO5. The maximum Gasteiger partial charge on any atom is 0.313 e. The summed E-state index contributed by atoms with van der Waals surface area (Å²) < 4.78 is 16.1. The van der Waals surface area contributed by atoms with Gasteiger partial charge in [-0.1, -0.05) is 11.6 Å². The van der Waals surface area contributed by atoms with Crippen LogP contribution in [0, 0.1) is 5.92 Å². The predicted octanol–water partition coefficient (Wildman–Crippen LogP) is 1.73. The molecule has 6 nitrogen and oxygen atoms in total. The Morgan fingerprint density at radius 1 is 1.38 bits per heavy atom. The quantitative estimate of drug-likeness (QED) is 0.816. The van der Waals surface area contributed by atoms with Crippen molar-refractivity contribution < 1.29 is 23.8 Å². The summed E-state index contributed by atoms with van der Waals surface area (Å²) in [7, 11) is 0.